The molecule has 1 atom stereocenters. The van der Waals surface area contributed by atoms with Crippen molar-refractivity contribution in [2.75, 3.05) is 18.1 Å². The second-order valence-corrected chi connectivity index (χ2v) is 8.33. The van der Waals surface area contributed by atoms with Crippen LogP contribution in [0.1, 0.15) is 36.6 Å². The van der Waals surface area contributed by atoms with Gasteiger partial charge in [-0.15, -0.1) is 0 Å². The molecule has 38 heavy (non-hydrogen) atoms. The van der Waals surface area contributed by atoms with Crippen molar-refractivity contribution in [3.8, 4) is 17.2 Å². The normalized spacial score (nSPS) is 17.1. The predicted molar refractivity (Wildman–Crippen MR) is 133 cm³/mol. The molecule has 1 heterocycles. The number of nitrogens with zero attached hydrogens (tertiary/aromatic N) is 1. The van der Waals surface area contributed by atoms with Gasteiger partial charge in [0.05, 0.1) is 36.0 Å². The molecule has 1 aliphatic heterocycles. The van der Waals surface area contributed by atoms with E-state index in [-0.39, 0.29) is 40.5 Å². The number of anilines is 1. The molecule has 2 N–H and O–H groups in total. The molecule has 7 nitrogen and oxygen atoms in total. The van der Waals surface area contributed by atoms with Gasteiger partial charge in [0, 0.05) is 11.8 Å². The van der Waals surface area contributed by atoms with Crippen LogP contribution in [0.15, 0.2) is 72.3 Å². The number of amides is 1. The summed E-state index contributed by atoms with van der Waals surface area (Å²) < 4.78 is 50.5. The van der Waals surface area contributed by atoms with Crippen LogP contribution < -0.4 is 14.4 Å². The van der Waals surface area contributed by atoms with Gasteiger partial charge < -0.3 is 19.7 Å². The summed E-state index contributed by atoms with van der Waals surface area (Å²) in [5.74, 6) is -2.15. The van der Waals surface area contributed by atoms with E-state index in [1.807, 2.05) is 0 Å². The molecule has 1 amide bonds. The number of ether oxygens (including phenoxy) is 2. The standard InChI is InChI=1S/C28H24F3NO6/c1-3-37-20-12-13-21(22(15-20)38-4-2)25(34)23-24(16-6-5-7-19(33)14-16)32(27(36)26(23)35)18-10-8-17(9-11-18)28(29,30)31/h5-15,24,33-34H,3-4H2,1-2H3/b25-23-. The molecule has 0 spiro atoms. The van der Waals surface area contributed by atoms with Gasteiger partial charge in [0.2, 0.25) is 0 Å². The Labute approximate surface area is 216 Å². The Morgan fingerprint density at radius 3 is 2.24 bits per heavy atom. The van der Waals surface area contributed by atoms with Gasteiger partial charge in [0.1, 0.15) is 23.0 Å². The highest BCUT2D eigenvalue weighted by molar-refractivity contribution is 6.51. The van der Waals surface area contributed by atoms with Gasteiger partial charge in [-0.1, -0.05) is 12.1 Å². The summed E-state index contributed by atoms with van der Waals surface area (Å²) in [5, 5.41) is 21.5. The molecule has 198 valence electrons. The minimum atomic E-state index is -4.60. The molecule has 0 aliphatic carbocycles. The van der Waals surface area contributed by atoms with Crippen molar-refractivity contribution >= 4 is 23.1 Å². The maximum Gasteiger partial charge on any atom is 0.416 e. The number of alkyl halides is 3. The van der Waals surface area contributed by atoms with Gasteiger partial charge in [-0.05, 0) is 67.9 Å². The molecule has 1 saturated heterocycles. The van der Waals surface area contributed by atoms with Gasteiger partial charge in [0.25, 0.3) is 11.7 Å². The molecular weight excluding hydrogens is 503 g/mol. The van der Waals surface area contributed by atoms with Crippen LogP contribution in [0, 0.1) is 0 Å². The third-order valence-electron chi connectivity index (χ3n) is 5.92. The van der Waals surface area contributed by atoms with Crippen molar-refractivity contribution in [2.45, 2.75) is 26.1 Å². The lowest BCUT2D eigenvalue weighted by Crippen LogP contribution is -2.29. The highest BCUT2D eigenvalue weighted by Crippen LogP contribution is 2.44. The maximum atomic E-state index is 13.3. The molecule has 1 fully saturated rings. The van der Waals surface area contributed by atoms with Gasteiger partial charge in [-0.3, -0.25) is 14.5 Å². The Bertz CT molecular complexity index is 1400. The van der Waals surface area contributed by atoms with E-state index in [2.05, 4.69) is 0 Å². The number of carbonyl (C=O) groups excluding carboxylic acids is 2. The molecular formula is C28H24F3NO6. The van der Waals surface area contributed by atoms with Gasteiger partial charge >= 0.3 is 6.18 Å². The van der Waals surface area contributed by atoms with Crippen molar-refractivity contribution in [3.63, 3.8) is 0 Å². The third-order valence-corrected chi connectivity index (χ3v) is 5.92. The van der Waals surface area contributed by atoms with Crippen LogP contribution >= 0.6 is 0 Å². The minimum absolute atomic E-state index is 0.00391. The van der Waals surface area contributed by atoms with Crippen LogP contribution in [0.3, 0.4) is 0 Å². The lowest BCUT2D eigenvalue weighted by Gasteiger charge is -2.26. The molecule has 0 bridgehead atoms. The fraction of sp³-hybridized carbons (Fsp3) is 0.214. The summed E-state index contributed by atoms with van der Waals surface area (Å²) in [4.78, 5) is 27.6. The Kier molecular flexibility index (Phi) is 7.34. The van der Waals surface area contributed by atoms with Crippen molar-refractivity contribution in [1.82, 2.24) is 0 Å². The van der Waals surface area contributed by atoms with E-state index in [1.54, 1.807) is 19.9 Å². The number of aromatic hydroxyl groups is 1. The third kappa shape index (κ3) is 5.02. The maximum absolute atomic E-state index is 13.3. The fourth-order valence-electron chi connectivity index (χ4n) is 4.29. The number of phenolic OH excluding ortho intramolecular Hbond substituents is 1. The number of aliphatic hydroxyl groups is 1. The molecule has 3 aromatic rings. The number of hydrogen-bond acceptors (Lipinski definition) is 6. The van der Waals surface area contributed by atoms with E-state index < -0.39 is 35.2 Å². The minimum Gasteiger partial charge on any atom is -0.508 e. The zero-order valence-corrected chi connectivity index (χ0v) is 20.5. The number of phenols is 1. The topological polar surface area (TPSA) is 96.3 Å². The highest BCUT2D eigenvalue weighted by Gasteiger charge is 2.47. The molecule has 3 aromatic carbocycles. The van der Waals surface area contributed by atoms with Crippen molar-refractivity contribution in [3.05, 3.63) is 89.0 Å². The first-order valence-corrected chi connectivity index (χ1v) is 11.7. The van der Waals surface area contributed by atoms with E-state index in [0.717, 1.165) is 29.2 Å². The van der Waals surface area contributed by atoms with E-state index >= 15 is 0 Å². The van der Waals surface area contributed by atoms with E-state index in [9.17, 15) is 33.0 Å². The number of hydrogen-bond donors (Lipinski definition) is 2. The van der Waals surface area contributed by atoms with Crippen LogP contribution in [-0.2, 0) is 15.8 Å². The van der Waals surface area contributed by atoms with Crippen LogP contribution in [-0.4, -0.2) is 35.1 Å². The summed E-state index contributed by atoms with van der Waals surface area (Å²) in [6, 6.07) is 12.8. The van der Waals surface area contributed by atoms with E-state index in [4.69, 9.17) is 9.47 Å². The summed E-state index contributed by atoms with van der Waals surface area (Å²) in [6.45, 7) is 4.14. The zero-order chi connectivity index (χ0) is 27.6. The molecule has 10 heteroatoms. The SMILES string of the molecule is CCOc1ccc(/C(O)=C2/C(=O)C(=O)N(c3ccc(C(F)(F)F)cc3)C2c2cccc(O)c2)c(OCC)c1. The Balaban J connectivity index is 1.92. The van der Waals surface area contributed by atoms with E-state index in [0.29, 0.717) is 12.4 Å². The summed E-state index contributed by atoms with van der Waals surface area (Å²) >= 11 is 0. The lowest BCUT2D eigenvalue weighted by molar-refractivity contribution is -0.137. The first-order valence-electron chi connectivity index (χ1n) is 11.7. The van der Waals surface area contributed by atoms with Crippen molar-refractivity contribution < 1.29 is 42.4 Å². The number of benzene rings is 3. The van der Waals surface area contributed by atoms with Gasteiger partial charge in [-0.2, -0.15) is 13.2 Å². The molecule has 1 unspecified atom stereocenters. The summed E-state index contributed by atoms with van der Waals surface area (Å²) in [5.41, 5.74) is -0.863. The molecule has 0 radical (unpaired) electrons. The van der Waals surface area contributed by atoms with Crippen molar-refractivity contribution in [2.24, 2.45) is 0 Å². The van der Waals surface area contributed by atoms with Gasteiger partial charge in [-0.25, -0.2) is 0 Å². The number of carbonyl (C=O) groups is 2. The zero-order valence-electron chi connectivity index (χ0n) is 20.5. The van der Waals surface area contributed by atoms with Crippen LogP contribution in [0.4, 0.5) is 18.9 Å². The lowest BCUT2D eigenvalue weighted by atomic mass is 9.94. The number of aliphatic hydroxyl groups excluding tert-OH is 1. The average Bonchev–Trinajstić information content (AvgIpc) is 3.14. The monoisotopic (exact) mass is 527 g/mol. The quantitative estimate of drug-likeness (QED) is 0.228. The van der Waals surface area contributed by atoms with Gasteiger partial charge in [0.15, 0.2) is 0 Å². The fourth-order valence-corrected chi connectivity index (χ4v) is 4.29. The second-order valence-electron chi connectivity index (χ2n) is 8.33. The molecule has 0 aromatic heterocycles. The Hall–Kier alpha value is -4.47. The van der Waals surface area contributed by atoms with Crippen LogP contribution in [0.5, 0.6) is 17.2 Å². The molecule has 1 aliphatic rings. The average molecular weight is 527 g/mol. The van der Waals surface area contributed by atoms with Crippen molar-refractivity contribution in [1.29, 1.82) is 0 Å². The molecule has 0 saturated carbocycles. The number of ketones is 1. The highest BCUT2D eigenvalue weighted by atomic mass is 19.4. The summed E-state index contributed by atoms with van der Waals surface area (Å²) in [6.07, 6.45) is -4.60. The first kappa shape index (κ1) is 26.6. The first-order chi connectivity index (χ1) is 18.1. The van der Waals surface area contributed by atoms with Crippen LogP contribution in [0.25, 0.3) is 5.76 Å². The Morgan fingerprint density at radius 1 is 0.947 bits per heavy atom. The largest absolute Gasteiger partial charge is 0.508 e. The Morgan fingerprint density at radius 2 is 1.63 bits per heavy atom. The predicted octanol–water partition coefficient (Wildman–Crippen LogP) is 5.83. The number of halogens is 3. The van der Waals surface area contributed by atoms with E-state index in [1.165, 1.54) is 36.4 Å². The second kappa shape index (κ2) is 10.5. The van der Waals surface area contributed by atoms with Crippen LogP contribution in [0.2, 0.25) is 0 Å². The number of rotatable bonds is 7. The number of Topliss-reactive ketones (excluding diaryl/α,β-unsaturated/α-hetero) is 1. The summed E-state index contributed by atoms with van der Waals surface area (Å²) in [7, 11) is 0. The molecule has 4 rings (SSSR count). The smallest absolute Gasteiger partial charge is 0.416 e.